The maximum atomic E-state index is 12.3. The third-order valence-electron chi connectivity index (χ3n) is 3.04. The molecule has 2 N–H and O–H groups in total. The Balaban J connectivity index is 2.16. The van der Waals surface area contributed by atoms with Gasteiger partial charge in [-0.2, -0.15) is 8.78 Å². The molecule has 110 valence electrons. The molecule has 0 aromatic heterocycles. The van der Waals surface area contributed by atoms with Crippen LogP contribution in [0, 0.1) is 0 Å². The molecule has 0 spiro atoms. The molecule has 1 aromatic carbocycles. The van der Waals surface area contributed by atoms with Gasteiger partial charge in [0.25, 0.3) is 0 Å². The molecule has 7 heteroatoms. The molecule has 1 aliphatic rings. The molecule has 2 rings (SSSR count). The number of ether oxygens (including phenoxy) is 2. The lowest BCUT2D eigenvalue weighted by molar-refractivity contribution is -0.117. The maximum Gasteiger partial charge on any atom is 0.387 e. The Bertz CT molecular complexity index is 477. The lowest BCUT2D eigenvalue weighted by atomic mass is 10.2. The summed E-state index contributed by atoms with van der Waals surface area (Å²) in [6.07, 6.45) is 1.64. The van der Waals surface area contributed by atoms with Gasteiger partial charge < -0.3 is 20.1 Å². The van der Waals surface area contributed by atoms with Gasteiger partial charge in [-0.05, 0) is 31.5 Å². The summed E-state index contributed by atoms with van der Waals surface area (Å²) in [5.41, 5.74) is 0.170. The minimum Gasteiger partial charge on any atom is -0.497 e. The summed E-state index contributed by atoms with van der Waals surface area (Å²) >= 11 is 0. The topological polar surface area (TPSA) is 59.6 Å². The van der Waals surface area contributed by atoms with Crippen LogP contribution in [-0.4, -0.2) is 32.2 Å². The van der Waals surface area contributed by atoms with Gasteiger partial charge in [0, 0.05) is 6.07 Å². The van der Waals surface area contributed by atoms with Crippen molar-refractivity contribution in [2.24, 2.45) is 0 Å². The molecule has 5 nitrogen and oxygen atoms in total. The normalized spacial score (nSPS) is 18.1. The van der Waals surface area contributed by atoms with Gasteiger partial charge >= 0.3 is 6.61 Å². The first kappa shape index (κ1) is 14.5. The summed E-state index contributed by atoms with van der Waals surface area (Å²) in [5.74, 6) is 0.0864. The predicted octanol–water partition coefficient (Wildman–Crippen LogP) is 1.99. The van der Waals surface area contributed by atoms with Gasteiger partial charge in [0.2, 0.25) is 5.91 Å². The summed E-state index contributed by atoms with van der Waals surface area (Å²) in [7, 11) is 1.45. The van der Waals surface area contributed by atoms with Crippen LogP contribution in [0.3, 0.4) is 0 Å². The Morgan fingerprint density at radius 2 is 2.30 bits per heavy atom. The molecule has 0 bridgehead atoms. The first-order chi connectivity index (χ1) is 9.60. The zero-order chi connectivity index (χ0) is 14.5. The zero-order valence-corrected chi connectivity index (χ0v) is 11.0. The third kappa shape index (κ3) is 3.57. The fourth-order valence-electron chi connectivity index (χ4n) is 2.06. The second kappa shape index (κ2) is 6.51. The van der Waals surface area contributed by atoms with Crippen LogP contribution >= 0.6 is 0 Å². The van der Waals surface area contributed by atoms with E-state index in [2.05, 4.69) is 15.4 Å². The number of nitrogens with one attached hydrogen (secondary N) is 2. The fraction of sp³-hybridized carbons (Fsp3) is 0.462. The summed E-state index contributed by atoms with van der Waals surface area (Å²) < 4.78 is 34.1. The van der Waals surface area contributed by atoms with Gasteiger partial charge in [-0.3, -0.25) is 4.79 Å². The van der Waals surface area contributed by atoms with Crippen molar-refractivity contribution in [3.63, 3.8) is 0 Å². The average molecular weight is 286 g/mol. The molecule has 1 fully saturated rings. The van der Waals surface area contributed by atoms with Crippen molar-refractivity contribution in [1.82, 2.24) is 5.32 Å². The van der Waals surface area contributed by atoms with Crippen LogP contribution in [0.5, 0.6) is 11.5 Å². The number of methoxy groups -OCH3 is 1. The molecule has 1 unspecified atom stereocenters. The molecule has 1 atom stereocenters. The number of rotatable bonds is 5. The van der Waals surface area contributed by atoms with Crippen LogP contribution < -0.4 is 20.1 Å². The van der Waals surface area contributed by atoms with E-state index >= 15 is 0 Å². The van der Waals surface area contributed by atoms with Gasteiger partial charge in [-0.1, -0.05) is 0 Å². The SMILES string of the molecule is COc1ccc(OC(F)F)c(NC(=O)C2CCCN2)c1. The first-order valence-corrected chi connectivity index (χ1v) is 6.27. The molecular weight excluding hydrogens is 270 g/mol. The lowest BCUT2D eigenvalue weighted by Crippen LogP contribution is -2.35. The van der Waals surface area contributed by atoms with Crippen LogP contribution in [0.1, 0.15) is 12.8 Å². The van der Waals surface area contributed by atoms with Gasteiger partial charge in [0.1, 0.15) is 11.5 Å². The molecule has 1 saturated heterocycles. The molecule has 0 saturated carbocycles. The number of carbonyl (C=O) groups excluding carboxylic acids is 1. The number of alkyl halides is 2. The number of halogens is 2. The Morgan fingerprint density at radius 1 is 1.50 bits per heavy atom. The quantitative estimate of drug-likeness (QED) is 0.869. The Labute approximate surface area is 115 Å². The van der Waals surface area contributed by atoms with Crippen molar-refractivity contribution >= 4 is 11.6 Å². The molecule has 1 heterocycles. The number of amides is 1. The standard InChI is InChI=1S/C13H16F2N2O3/c1-19-8-4-5-11(20-13(14)15)10(7-8)17-12(18)9-3-2-6-16-9/h4-5,7,9,13,16H,2-3,6H2,1H3,(H,17,18). The van der Waals surface area contributed by atoms with Crippen LogP contribution in [0.4, 0.5) is 14.5 Å². The van der Waals surface area contributed by atoms with Gasteiger partial charge in [0.15, 0.2) is 0 Å². The van der Waals surface area contributed by atoms with Crippen molar-refractivity contribution in [3.8, 4) is 11.5 Å². The molecule has 0 radical (unpaired) electrons. The van der Waals surface area contributed by atoms with Crippen LogP contribution in [-0.2, 0) is 4.79 Å². The molecule has 1 aromatic rings. The predicted molar refractivity (Wildman–Crippen MR) is 69.3 cm³/mol. The number of benzene rings is 1. The molecule has 1 amide bonds. The van der Waals surface area contributed by atoms with Crippen LogP contribution in [0.25, 0.3) is 0 Å². The number of anilines is 1. The monoisotopic (exact) mass is 286 g/mol. The molecular formula is C13H16F2N2O3. The van der Waals surface area contributed by atoms with Gasteiger partial charge in [-0.25, -0.2) is 0 Å². The molecule has 0 aliphatic carbocycles. The van der Waals surface area contributed by atoms with E-state index in [1.807, 2.05) is 0 Å². The van der Waals surface area contributed by atoms with E-state index in [1.54, 1.807) is 0 Å². The van der Waals surface area contributed by atoms with Gasteiger partial charge in [-0.15, -0.1) is 0 Å². The van der Waals surface area contributed by atoms with E-state index in [0.29, 0.717) is 5.75 Å². The first-order valence-electron chi connectivity index (χ1n) is 6.27. The van der Waals surface area contributed by atoms with Crippen molar-refractivity contribution in [1.29, 1.82) is 0 Å². The van der Waals surface area contributed by atoms with Crippen molar-refractivity contribution in [3.05, 3.63) is 18.2 Å². The Hall–Kier alpha value is -1.89. The Morgan fingerprint density at radius 3 is 2.90 bits per heavy atom. The second-order valence-electron chi connectivity index (χ2n) is 4.38. The highest BCUT2D eigenvalue weighted by Crippen LogP contribution is 2.30. The van der Waals surface area contributed by atoms with Crippen molar-refractivity contribution in [2.45, 2.75) is 25.5 Å². The average Bonchev–Trinajstić information content (AvgIpc) is 2.94. The highest BCUT2D eigenvalue weighted by Gasteiger charge is 2.23. The number of carbonyl (C=O) groups is 1. The van der Waals surface area contributed by atoms with Gasteiger partial charge in [0.05, 0.1) is 18.8 Å². The lowest BCUT2D eigenvalue weighted by Gasteiger charge is -2.15. The van der Waals surface area contributed by atoms with E-state index in [0.717, 1.165) is 19.4 Å². The minimum absolute atomic E-state index is 0.0906. The zero-order valence-electron chi connectivity index (χ0n) is 11.0. The largest absolute Gasteiger partial charge is 0.497 e. The summed E-state index contributed by atoms with van der Waals surface area (Å²) in [5, 5.41) is 5.63. The number of hydrogen-bond donors (Lipinski definition) is 2. The van der Waals surface area contributed by atoms with Crippen molar-refractivity contribution < 1.29 is 23.0 Å². The Kier molecular flexibility index (Phi) is 4.73. The van der Waals surface area contributed by atoms with E-state index in [4.69, 9.17) is 4.74 Å². The second-order valence-corrected chi connectivity index (χ2v) is 4.38. The van der Waals surface area contributed by atoms with E-state index < -0.39 is 6.61 Å². The summed E-state index contributed by atoms with van der Waals surface area (Å²) in [4.78, 5) is 12.0. The minimum atomic E-state index is -2.95. The fourth-order valence-corrected chi connectivity index (χ4v) is 2.06. The highest BCUT2D eigenvalue weighted by molar-refractivity contribution is 5.96. The molecule has 1 aliphatic heterocycles. The van der Waals surface area contributed by atoms with Crippen molar-refractivity contribution in [2.75, 3.05) is 19.0 Å². The van der Waals surface area contributed by atoms with E-state index in [1.165, 1.54) is 25.3 Å². The summed E-state index contributed by atoms with van der Waals surface area (Å²) in [6.45, 7) is -2.18. The van der Waals surface area contributed by atoms with Crippen LogP contribution in [0.2, 0.25) is 0 Å². The summed E-state index contributed by atoms with van der Waals surface area (Å²) in [6, 6.07) is 3.97. The van der Waals surface area contributed by atoms with E-state index in [9.17, 15) is 13.6 Å². The maximum absolute atomic E-state index is 12.3. The molecule has 20 heavy (non-hydrogen) atoms. The number of hydrogen-bond acceptors (Lipinski definition) is 4. The third-order valence-corrected chi connectivity index (χ3v) is 3.04. The van der Waals surface area contributed by atoms with E-state index in [-0.39, 0.29) is 23.4 Å². The smallest absolute Gasteiger partial charge is 0.387 e. The highest BCUT2D eigenvalue weighted by atomic mass is 19.3. The van der Waals surface area contributed by atoms with Crippen LogP contribution in [0.15, 0.2) is 18.2 Å².